The summed E-state index contributed by atoms with van der Waals surface area (Å²) in [5.41, 5.74) is 1.22. The van der Waals surface area contributed by atoms with Crippen molar-refractivity contribution in [3.05, 3.63) is 41.5 Å². The quantitative estimate of drug-likeness (QED) is 0.786. The zero-order chi connectivity index (χ0) is 10.5. The average molecular weight is 219 g/mol. The summed E-state index contributed by atoms with van der Waals surface area (Å²) < 4.78 is 5.32. The molecule has 0 aliphatic heterocycles. The summed E-state index contributed by atoms with van der Waals surface area (Å²) in [5, 5.41) is 1.04. The van der Waals surface area contributed by atoms with Crippen LogP contribution in [0.1, 0.15) is 11.9 Å². The van der Waals surface area contributed by atoms with Gasteiger partial charge in [0.2, 0.25) is 0 Å². The van der Waals surface area contributed by atoms with Crippen LogP contribution in [0.15, 0.2) is 36.5 Å². The molecule has 2 nitrogen and oxygen atoms in total. The molecule has 0 bridgehead atoms. The first kappa shape index (κ1) is 10.3. The lowest BCUT2D eigenvalue weighted by atomic mass is 10.2. The van der Waals surface area contributed by atoms with Gasteiger partial charge in [-0.25, -0.2) is 4.98 Å². The highest BCUT2D eigenvalue weighted by molar-refractivity contribution is 7.15. The highest BCUT2D eigenvalue weighted by Crippen LogP contribution is 2.25. The zero-order valence-corrected chi connectivity index (χ0v) is 9.46. The van der Waals surface area contributed by atoms with Gasteiger partial charge in [-0.15, -0.1) is 11.3 Å². The maximum Gasteiger partial charge on any atom is 0.119 e. The molecule has 1 aromatic carbocycles. The molecule has 0 saturated carbocycles. The van der Waals surface area contributed by atoms with Crippen LogP contribution in [-0.2, 0) is 11.3 Å². The van der Waals surface area contributed by atoms with E-state index >= 15 is 0 Å². The molecule has 0 aliphatic carbocycles. The molecule has 0 radical (unpaired) electrons. The Labute approximate surface area is 93.6 Å². The molecule has 78 valence electrons. The Morgan fingerprint density at radius 3 is 2.80 bits per heavy atom. The molecule has 0 N–H and O–H groups in total. The van der Waals surface area contributed by atoms with E-state index in [1.807, 2.05) is 31.3 Å². The van der Waals surface area contributed by atoms with Crippen LogP contribution < -0.4 is 0 Å². The van der Waals surface area contributed by atoms with E-state index in [-0.39, 0.29) is 0 Å². The Morgan fingerprint density at radius 1 is 1.27 bits per heavy atom. The topological polar surface area (TPSA) is 22.1 Å². The first-order valence-electron chi connectivity index (χ1n) is 4.98. The molecule has 1 heterocycles. The van der Waals surface area contributed by atoms with E-state index in [1.165, 1.54) is 10.4 Å². The van der Waals surface area contributed by atoms with Crippen molar-refractivity contribution < 1.29 is 4.74 Å². The molecule has 0 amide bonds. The average Bonchev–Trinajstić information content (AvgIpc) is 2.76. The minimum absolute atomic E-state index is 0.619. The van der Waals surface area contributed by atoms with Crippen molar-refractivity contribution in [1.29, 1.82) is 0 Å². The molecule has 2 rings (SSSR count). The van der Waals surface area contributed by atoms with E-state index in [9.17, 15) is 0 Å². The fourth-order valence-electron chi connectivity index (χ4n) is 1.30. The van der Waals surface area contributed by atoms with E-state index in [2.05, 4.69) is 17.1 Å². The summed E-state index contributed by atoms with van der Waals surface area (Å²) in [6, 6.07) is 10.3. The van der Waals surface area contributed by atoms with Gasteiger partial charge in [-0.05, 0) is 12.5 Å². The Morgan fingerprint density at radius 2 is 2.07 bits per heavy atom. The number of hydrogen-bond acceptors (Lipinski definition) is 3. The van der Waals surface area contributed by atoms with E-state index in [4.69, 9.17) is 4.74 Å². The Bertz CT molecular complexity index is 411. The smallest absolute Gasteiger partial charge is 0.119 e. The Kier molecular flexibility index (Phi) is 3.48. The predicted molar refractivity (Wildman–Crippen MR) is 62.9 cm³/mol. The summed E-state index contributed by atoms with van der Waals surface area (Å²) >= 11 is 1.69. The van der Waals surface area contributed by atoms with Gasteiger partial charge < -0.3 is 4.74 Å². The highest BCUT2D eigenvalue weighted by Gasteiger charge is 2.03. The van der Waals surface area contributed by atoms with Crippen molar-refractivity contribution in [2.45, 2.75) is 13.5 Å². The second-order valence-corrected chi connectivity index (χ2v) is 4.24. The molecule has 3 heteroatoms. The number of benzene rings is 1. The normalized spacial score (nSPS) is 10.5. The zero-order valence-electron chi connectivity index (χ0n) is 8.64. The number of ether oxygens (including phenoxy) is 1. The molecule has 2 aromatic rings. The van der Waals surface area contributed by atoms with Crippen molar-refractivity contribution in [2.24, 2.45) is 0 Å². The van der Waals surface area contributed by atoms with Crippen LogP contribution in [0.4, 0.5) is 0 Å². The predicted octanol–water partition coefficient (Wildman–Crippen LogP) is 3.35. The summed E-state index contributed by atoms with van der Waals surface area (Å²) in [6.45, 7) is 3.35. The summed E-state index contributed by atoms with van der Waals surface area (Å²) in [7, 11) is 0. The van der Waals surface area contributed by atoms with Gasteiger partial charge in [0.15, 0.2) is 0 Å². The second-order valence-electron chi connectivity index (χ2n) is 3.12. The fourth-order valence-corrected chi connectivity index (χ4v) is 2.16. The number of nitrogens with zero attached hydrogens (tertiary/aromatic N) is 1. The Balaban J connectivity index is 2.14. The SMILES string of the molecule is CCOCc1ncc(-c2ccccc2)s1. The van der Waals surface area contributed by atoms with E-state index in [0.717, 1.165) is 11.6 Å². The van der Waals surface area contributed by atoms with Gasteiger partial charge in [0.05, 0.1) is 11.5 Å². The molecule has 1 aromatic heterocycles. The van der Waals surface area contributed by atoms with Crippen LogP contribution in [-0.4, -0.2) is 11.6 Å². The standard InChI is InChI=1S/C12H13NOS/c1-2-14-9-12-13-8-11(15-12)10-6-4-3-5-7-10/h3-8H,2,9H2,1H3. The lowest BCUT2D eigenvalue weighted by Gasteiger charge is -1.95. The molecule has 15 heavy (non-hydrogen) atoms. The maximum atomic E-state index is 5.32. The molecule has 0 fully saturated rings. The van der Waals surface area contributed by atoms with E-state index < -0.39 is 0 Å². The molecule has 0 spiro atoms. The molecular formula is C12H13NOS. The van der Waals surface area contributed by atoms with Gasteiger partial charge >= 0.3 is 0 Å². The van der Waals surface area contributed by atoms with Crippen LogP contribution in [0.3, 0.4) is 0 Å². The molecule has 0 aliphatic rings. The van der Waals surface area contributed by atoms with Crippen molar-refractivity contribution in [2.75, 3.05) is 6.61 Å². The number of rotatable bonds is 4. The minimum Gasteiger partial charge on any atom is -0.375 e. The van der Waals surface area contributed by atoms with Crippen LogP contribution in [0.2, 0.25) is 0 Å². The van der Waals surface area contributed by atoms with Crippen LogP contribution >= 0.6 is 11.3 Å². The lowest BCUT2D eigenvalue weighted by molar-refractivity contribution is 0.134. The molecule has 0 saturated heterocycles. The largest absolute Gasteiger partial charge is 0.375 e. The van der Waals surface area contributed by atoms with Gasteiger partial charge in [0.25, 0.3) is 0 Å². The maximum absolute atomic E-state index is 5.32. The summed E-state index contributed by atoms with van der Waals surface area (Å²) in [4.78, 5) is 5.52. The number of thiazole rings is 1. The lowest BCUT2D eigenvalue weighted by Crippen LogP contribution is -1.89. The third kappa shape index (κ3) is 2.64. The monoisotopic (exact) mass is 219 g/mol. The van der Waals surface area contributed by atoms with Crippen molar-refractivity contribution in [3.8, 4) is 10.4 Å². The third-order valence-electron chi connectivity index (χ3n) is 2.04. The van der Waals surface area contributed by atoms with Crippen molar-refractivity contribution in [1.82, 2.24) is 4.98 Å². The summed E-state index contributed by atoms with van der Waals surface area (Å²) in [5.74, 6) is 0. The van der Waals surface area contributed by atoms with Gasteiger partial charge in [-0.3, -0.25) is 0 Å². The van der Waals surface area contributed by atoms with Crippen LogP contribution in [0, 0.1) is 0 Å². The van der Waals surface area contributed by atoms with Gasteiger partial charge in [-0.1, -0.05) is 30.3 Å². The van der Waals surface area contributed by atoms with Crippen LogP contribution in [0.5, 0.6) is 0 Å². The molecule has 0 unspecified atom stereocenters. The van der Waals surface area contributed by atoms with Crippen LogP contribution in [0.25, 0.3) is 10.4 Å². The van der Waals surface area contributed by atoms with E-state index in [1.54, 1.807) is 11.3 Å². The number of hydrogen-bond donors (Lipinski definition) is 0. The molecular weight excluding hydrogens is 206 g/mol. The van der Waals surface area contributed by atoms with E-state index in [0.29, 0.717) is 6.61 Å². The first-order valence-corrected chi connectivity index (χ1v) is 5.79. The second kappa shape index (κ2) is 5.05. The number of aromatic nitrogens is 1. The third-order valence-corrected chi connectivity index (χ3v) is 3.06. The fraction of sp³-hybridized carbons (Fsp3) is 0.250. The van der Waals surface area contributed by atoms with Crippen molar-refractivity contribution in [3.63, 3.8) is 0 Å². The van der Waals surface area contributed by atoms with Gasteiger partial charge in [0.1, 0.15) is 5.01 Å². The van der Waals surface area contributed by atoms with Gasteiger partial charge in [-0.2, -0.15) is 0 Å². The highest BCUT2D eigenvalue weighted by atomic mass is 32.1. The first-order chi connectivity index (χ1) is 7.40. The Hall–Kier alpha value is -1.19. The van der Waals surface area contributed by atoms with Gasteiger partial charge in [0, 0.05) is 12.8 Å². The minimum atomic E-state index is 0.619. The molecule has 0 atom stereocenters. The summed E-state index contributed by atoms with van der Waals surface area (Å²) in [6.07, 6.45) is 1.91. The van der Waals surface area contributed by atoms with Crippen molar-refractivity contribution >= 4 is 11.3 Å².